The Kier molecular flexibility index (Phi) is 3.18. The first-order valence-corrected chi connectivity index (χ1v) is 6.43. The minimum atomic E-state index is -0.620. The van der Waals surface area contributed by atoms with Crippen molar-refractivity contribution in [3.63, 3.8) is 0 Å². The Balaban J connectivity index is 2.42. The lowest BCUT2D eigenvalue weighted by molar-refractivity contribution is -0.139. The lowest BCUT2D eigenvalue weighted by Crippen LogP contribution is -2.46. The first kappa shape index (κ1) is 13.1. The highest BCUT2D eigenvalue weighted by Crippen LogP contribution is 2.47. The third kappa shape index (κ3) is 1.82. The molecular formula is C15H20O3. The maximum absolute atomic E-state index is 12.5. The topological polar surface area (TPSA) is 43.4 Å². The van der Waals surface area contributed by atoms with Gasteiger partial charge in [-0.2, -0.15) is 0 Å². The number of methoxy groups -OCH3 is 1. The molecule has 0 radical (unpaired) electrons. The third-order valence-corrected chi connectivity index (χ3v) is 4.28. The van der Waals surface area contributed by atoms with Gasteiger partial charge in [-0.1, -0.05) is 32.4 Å². The van der Waals surface area contributed by atoms with Gasteiger partial charge in [0.1, 0.15) is 0 Å². The minimum absolute atomic E-state index is 0.0213. The number of hydrogen-bond donors (Lipinski definition) is 0. The Hall–Kier alpha value is -1.38. The van der Waals surface area contributed by atoms with E-state index in [1.807, 2.05) is 6.92 Å². The highest BCUT2D eigenvalue weighted by molar-refractivity contribution is 6.11. The highest BCUT2D eigenvalue weighted by Gasteiger charge is 2.50. The highest BCUT2D eigenvalue weighted by atomic mass is 16.5. The van der Waals surface area contributed by atoms with Crippen LogP contribution < -0.4 is 0 Å². The molecule has 98 valence electrons. The first-order valence-electron chi connectivity index (χ1n) is 6.43. The molecule has 0 bridgehead atoms. The maximum atomic E-state index is 12.5. The predicted molar refractivity (Wildman–Crippen MR) is 68.9 cm³/mol. The molecule has 0 heterocycles. The molecule has 0 aromatic carbocycles. The number of hydrogen-bond acceptors (Lipinski definition) is 3. The molecule has 0 amide bonds. The molecule has 2 aliphatic rings. The molecule has 2 unspecified atom stereocenters. The Bertz CT molecular complexity index is 456. The van der Waals surface area contributed by atoms with Crippen LogP contribution in [0.2, 0.25) is 0 Å². The molecule has 0 aliphatic heterocycles. The van der Waals surface area contributed by atoms with Crippen molar-refractivity contribution in [2.24, 2.45) is 17.3 Å². The quantitative estimate of drug-likeness (QED) is 0.706. The van der Waals surface area contributed by atoms with Gasteiger partial charge in [-0.25, -0.2) is 0 Å². The fraction of sp³-hybridized carbons (Fsp3) is 0.600. The van der Waals surface area contributed by atoms with Crippen molar-refractivity contribution in [2.45, 2.75) is 33.6 Å². The van der Waals surface area contributed by atoms with Crippen molar-refractivity contribution in [2.75, 3.05) is 7.11 Å². The summed E-state index contributed by atoms with van der Waals surface area (Å²) in [7, 11) is 1.45. The zero-order valence-electron chi connectivity index (χ0n) is 11.4. The number of rotatable bonds is 2. The molecule has 0 spiro atoms. The number of allylic oxidation sites excluding steroid dienone is 4. The molecular weight excluding hydrogens is 228 g/mol. The summed E-state index contributed by atoms with van der Waals surface area (Å²) < 4.78 is 5.06. The van der Waals surface area contributed by atoms with Crippen LogP contribution in [0.4, 0.5) is 0 Å². The minimum Gasteiger partial charge on any atom is -0.493 e. The maximum Gasteiger partial charge on any atom is 0.204 e. The van der Waals surface area contributed by atoms with E-state index in [0.717, 1.165) is 0 Å². The van der Waals surface area contributed by atoms with E-state index in [0.29, 0.717) is 18.8 Å². The van der Waals surface area contributed by atoms with Crippen molar-refractivity contribution >= 4 is 11.6 Å². The molecule has 2 rings (SSSR count). The smallest absolute Gasteiger partial charge is 0.204 e. The number of fused-ring (bicyclic) bond motifs is 1. The van der Waals surface area contributed by atoms with Gasteiger partial charge in [0.2, 0.25) is 5.78 Å². The summed E-state index contributed by atoms with van der Waals surface area (Å²) in [6.45, 7) is 6.15. The summed E-state index contributed by atoms with van der Waals surface area (Å²) in [6.07, 6.45) is 4.83. The molecule has 18 heavy (non-hydrogen) atoms. The van der Waals surface area contributed by atoms with E-state index in [1.54, 1.807) is 0 Å². The fourth-order valence-corrected chi connectivity index (χ4v) is 2.99. The van der Waals surface area contributed by atoms with E-state index in [1.165, 1.54) is 18.8 Å². The van der Waals surface area contributed by atoms with E-state index >= 15 is 0 Å². The van der Waals surface area contributed by atoms with Crippen LogP contribution in [0.1, 0.15) is 33.6 Å². The molecule has 2 aliphatic carbocycles. The number of carbonyl (C=O) groups is 2. The summed E-state index contributed by atoms with van der Waals surface area (Å²) in [4.78, 5) is 24.5. The Morgan fingerprint density at radius 3 is 2.61 bits per heavy atom. The molecule has 3 heteroatoms. The van der Waals surface area contributed by atoms with Crippen LogP contribution in [0.3, 0.4) is 0 Å². The Labute approximate surface area is 108 Å². The number of ketones is 2. The van der Waals surface area contributed by atoms with Gasteiger partial charge in [0.25, 0.3) is 0 Å². The fourth-order valence-electron chi connectivity index (χ4n) is 2.99. The van der Waals surface area contributed by atoms with Crippen LogP contribution in [-0.2, 0) is 14.3 Å². The van der Waals surface area contributed by atoms with Crippen LogP contribution in [0.25, 0.3) is 0 Å². The first-order chi connectivity index (χ1) is 8.40. The standard InChI is InChI=1S/C15H20O3/c1-9(2)10-5-6-11-12(16)7-13(18-4)14(17)15(11,3)8-10/h5,7,9,11H,6,8H2,1-4H3. The van der Waals surface area contributed by atoms with Gasteiger partial charge in [-0.15, -0.1) is 0 Å². The van der Waals surface area contributed by atoms with Crippen LogP contribution in [0, 0.1) is 17.3 Å². The second-order valence-corrected chi connectivity index (χ2v) is 5.76. The average molecular weight is 248 g/mol. The Morgan fingerprint density at radius 2 is 2.06 bits per heavy atom. The second kappa shape index (κ2) is 4.38. The van der Waals surface area contributed by atoms with Crippen LogP contribution >= 0.6 is 0 Å². The SMILES string of the molecule is COC1=CC(=O)C2CC=C(C(C)C)CC2(C)C1=O. The number of Topliss-reactive ketones (excluding diaryl/α,β-unsaturated/α-hetero) is 1. The number of ether oxygens (including phenoxy) is 1. The molecule has 3 nitrogen and oxygen atoms in total. The summed E-state index contributed by atoms with van der Waals surface area (Å²) in [5, 5.41) is 0. The zero-order chi connectivity index (χ0) is 13.5. The molecule has 0 saturated heterocycles. The van der Waals surface area contributed by atoms with Crippen LogP contribution in [0.15, 0.2) is 23.5 Å². The average Bonchev–Trinajstić information content (AvgIpc) is 2.33. The van der Waals surface area contributed by atoms with Gasteiger partial charge in [0.05, 0.1) is 7.11 Å². The van der Waals surface area contributed by atoms with Crippen molar-refractivity contribution in [1.82, 2.24) is 0 Å². The molecule has 0 saturated carbocycles. The summed E-state index contributed by atoms with van der Waals surface area (Å²) in [5.74, 6) is 0.409. The summed E-state index contributed by atoms with van der Waals surface area (Å²) in [6, 6.07) is 0. The van der Waals surface area contributed by atoms with Crippen LogP contribution in [0.5, 0.6) is 0 Å². The van der Waals surface area contributed by atoms with Gasteiger partial charge in [0.15, 0.2) is 11.5 Å². The number of carbonyl (C=O) groups excluding carboxylic acids is 2. The molecule has 0 aromatic rings. The normalized spacial score (nSPS) is 31.9. The van der Waals surface area contributed by atoms with E-state index in [4.69, 9.17) is 4.74 Å². The van der Waals surface area contributed by atoms with E-state index in [-0.39, 0.29) is 23.2 Å². The van der Waals surface area contributed by atoms with Gasteiger partial charge in [-0.3, -0.25) is 9.59 Å². The van der Waals surface area contributed by atoms with Gasteiger partial charge in [-0.05, 0) is 18.8 Å². The van der Waals surface area contributed by atoms with Crippen molar-refractivity contribution in [3.05, 3.63) is 23.5 Å². The zero-order valence-corrected chi connectivity index (χ0v) is 11.4. The monoisotopic (exact) mass is 248 g/mol. The lowest BCUT2D eigenvalue weighted by Gasteiger charge is -2.41. The summed E-state index contributed by atoms with van der Waals surface area (Å²) in [5.41, 5.74) is 0.651. The molecule has 0 N–H and O–H groups in total. The van der Waals surface area contributed by atoms with Gasteiger partial charge in [0, 0.05) is 17.4 Å². The lowest BCUT2D eigenvalue weighted by atomic mass is 9.60. The largest absolute Gasteiger partial charge is 0.493 e. The second-order valence-electron chi connectivity index (χ2n) is 5.76. The molecule has 2 atom stereocenters. The van der Waals surface area contributed by atoms with Crippen molar-refractivity contribution in [1.29, 1.82) is 0 Å². The third-order valence-electron chi connectivity index (χ3n) is 4.28. The van der Waals surface area contributed by atoms with Gasteiger partial charge >= 0.3 is 0 Å². The molecule has 0 fully saturated rings. The van der Waals surface area contributed by atoms with E-state index < -0.39 is 5.41 Å². The van der Waals surface area contributed by atoms with E-state index in [2.05, 4.69) is 19.9 Å². The predicted octanol–water partition coefficient (Wildman–Crippen LogP) is 2.67. The van der Waals surface area contributed by atoms with Crippen molar-refractivity contribution < 1.29 is 14.3 Å². The molecule has 0 aromatic heterocycles. The van der Waals surface area contributed by atoms with Crippen molar-refractivity contribution in [3.8, 4) is 0 Å². The van der Waals surface area contributed by atoms with Crippen LogP contribution in [-0.4, -0.2) is 18.7 Å². The van der Waals surface area contributed by atoms with Gasteiger partial charge < -0.3 is 4.74 Å². The Morgan fingerprint density at radius 1 is 1.39 bits per heavy atom. The van der Waals surface area contributed by atoms with E-state index in [9.17, 15) is 9.59 Å². The summed E-state index contributed by atoms with van der Waals surface area (Å²) >= 11 is 0.